The molecule has 0 amide bonds. The van der Waals surface area contributed by atoms with Crippen LogP contribution in [-0.2, 0) is 0 Å². The molecule has 7 heteroatoms. The Hall–Kier alpha value is -1.05. The molecule has 0 bridgehead atoms. The van der Waals surface area contributed by atoms with E-state index in [4.69, 9.17) is 0 Å². The highest BCUT2D eigenvalue weighted by atomic mass is 79.9. The van der Waals surface area contributed by atoms with Crippen molar-refractivity contribution in [2.75, 3.05) is 26.0 Å². The second-order valence-corrected chi connectivity index (χ2v) is 7.68. The number of benzene rings is 1. The van der Waals surface area contributed by atoms with E-state index in [1.165, 1.54) is 30.2 Å². The van der Waals surface area contributed by atoms with Crippen LogP contribution in [0.3, 0.4) is 0 Å². The van der Waals surface area contributed by atoms with Gasteiger partial charge in [-0.2, -0.15) is 0 Å². The molecule has 0 saturated heterocycles. The smallest absolute Gasteiger partial charge is 0.206 e. The molecule has 3 rings (SSSR count). The summed E-state index contributed by atoms with van der Waals surface area (Å²) in [7, 11) is 4.21. The third kappa shape index (κ3) is 3.64. The van der Waals surface area contributed by atoms with E-state index in [0.29, 0.717) is 16.6 Å². The van der Waals surface area contributed by atoms with Gasteiger partial charge in [0, 0.05) is 22.6 Å². The maximum atomic E-state index is 13.9. The molecule has 1 fully saturated rings. The monoisotopic (exact) mass is 384 g/mol. The second-order valence-electron chi connectivity index (χ2n) is 5.79. The third-order valence-electron chi connectivity index (χ3n) is 3.88. The molecule has 1 aromatic carbocycles. The van der Waals surface area contributed by atoms with E-state index in [1.54, 1.807) is 12.1 Å². The van der Waals surface area contributed by atoms with Crippen LogP contribution in [0.5, 0.6) is 0 Å². The summed E-state index contributed by atoms with van der Waals surface area (Å²) in [6.45, 7) is 0.841. The van der Waals surface area contributed by atoms with Crippen LogP contribution in [-0.4, -0.2) is 41.8 Å². The molecule has 1 N–H and O–H groups in total. The van der Waals surface area contributed by atoms with Gasteiger partial charge in [0.25, 0.3) is 0 Å². The molecule has 2 aromatic rings. The number of nitrogens with zero attached hydrogens (tertiary/aromatic N) is 3. The van der Waals surface area contributed by atoms with Crippen LogP contribution in [0, 0.1) is 11.7 Å². The molecule has 1 heterocycles. The van der Waals surface area contributed by atoms with Crippen molar-refractivity contribution in [2.24, 2.45) is 5.92 Å². The number of anilines is 1. The number of hydrogen-bond donors (Lipinski definition) is 1. The lowest BCUT2D eigenvalue weighted by Gasteiger charge is -2.24. The standard InChI is InChI=1S/C15H18BrFN4S/c1-21(2)13(9-3-4-9)8-18-15-20-19-14(22-15)11-7-10(16)5-6-12(11)17/h5-7,9,13H,3-4,8H2,1-2H3,(H,18,20). The van der Waals surface area contributed by atoms with Crippen molar-refractivity contribution < 1.29 is 4.39 Å². The van der Waals surface area contributed by atoms with Crippen molar-refractivity contribution in [3.63, 3.8) is 0 Å². The third-order valence-corrected chi connectivity index (χ3v) is 5.28. The highest BCUT2D eigenvalue weighted by molar-refractivity contribution is 9.10. The summed E-state index contributed by atoms with van der Waals surface area (Å²) in [5.74, 6) is 0.493. The quantitative estimate of drug-likeness (QED) is 0.820. The Morgan fingerprint density at radius 1 is 1.41 bits per heavy atom. The fourth-order valence-corrected chi connectivity index (χ4v) is 3.64. The predicted octanol–water partition coefficient (Wildman–Crippen LogP) is 3.86. The van der Waals surface area contributed by atoms with E-state index in [0.717, 1.165) is 22.1 Å². The van der Waals surface area contributed by atoms with Gasteiger partial charge in [0.05, 0.1) is 0 Å². The first kappa shape index (κ1) is 15.8. The molecule has 1 atom stereocenters. The molecule has 118 valence electrons. The Labute approximate surface area is 141 Å². The molecular weight excluding hydrogens is 367 g/mol. The molecular formula is C15H18BrFN4S. The number of nitrogens with one attached hydrogen (secondary N) is 1. The van der Waals surface area contributed by atoms with Gasteiger partial charge in [-0.05, 0) is 51.1 Å². The second kappa shape index (κ2) is 6.60. The Kier molecular flexibility index (Phi) is 4.75. The van der Waals surface area contributed by atoms with E-state index in [1.807, 2.05) is 0 Å². The zero-order valence-electron chi connectivity index (χ0n) is 12.5. The van der Waals surface area contributed by atoms with E-state index in [2.05, 4.69) is 50.4 Å². The fraction of sp³-hybridized carbons (Fsp3) is 0.467. The molecule has 1 saturated carbocycles. The highest BCUT2D eigenvalue weighted by Gasteiger charge is 2.32. The van der Waals surface area contributed by atoms with Gasteiger partial charge in [0.15, 0.2) is 5.01 Å². The molecule has 1 unspecified atom stereocenters. The molecule has 0 aliphatic heterocycles. The largest absolute Gasteiger partial charge is 0.358 e. The Balaban J connectivity index is 1.69. The number of rotatable bonds is 6. The van der Waals surface area contributed by atoms with Crippen molar-refractivity contribution in [1.82, 2.24) is 15.1 Å². The van der Waals surface area contributed by atoms with Crippen molar-refractivity contribution >= 4 is 32.4 Å². The zero-order chi connectivity index (χ0) is 15.7. The van der Waals surface area contributed by atoms with Crippen LogP contribution in [0.2, 0.25) is 0 Å². The summed E-state index contributed by atoms with van der Waals surface area (Å²) in [6.07, 6.45) is 2.60. The first-order chi connectivity index (χ1) is 10.5. The van der Waals surface area contributed by atoms with Gasteiger partial charge in [-0.3, -0.25) is 0 Å². The molecule has 1 aliphatic rings. The lowest BCUT2D eigenvalue weighted by Crippen LogP contribution is -2.36. The lowest BCUT2D eigenvalue weighted by atomic mass is 10.1. The molecule has 0 radical (unpaired) electrons. The molecule has 4 nitrogen and oxygen atoms in total. The van der Waals surface area contributed by atoms with Crippen LogP contribution in [0.4, 0.5) is 9.52 Å². The van der Waals surface area contributed by atoms with Gasteiger partial charge in [-0.1, -0.05) is 27.3 Å². The van der Waals surface area contributed by atoms with E-state index < -0.39 is 0 Å². The SMILES string of the molecule is CN(C)C(CNc1nnc(-c2cc(Br)ccc2F)s1)C1CC1. The number of hydrogen-bond acceptors (Lipinski definition) is 5. The van der Waals surface area contributed by atoms with Gasteiger partial charge in [-0.25, -0.2) is 4.39 Å². The molecule has 1 aromatic heterocycles. The minimum absolute atomic E-state index is 0.282. The number of likely N-dealkylation sites (N-methyl/N-ethyl adjacent to an activating group) is 1. The average molecular weight is 385 g/mol. The number of halogens is 2. The maximum absolute atomic E-state index is 13.9. The summed E-state index contributed by atoms with van der Waals surface area (Å²) in [5, 5.41) is 12.9. The minimum atomic E-state index is -0.282. The summed E-state index contributed by atoms with van der Waals surface area (Å²) < 4.78 is 14.7. The Morgan fingerprint density at radius 3 is 2.86 bits per heavy atom. The van der Waals surface area contributed by atoms with Crippen LogP contribution < -0.4 is 5.32 Å². The van der Waals surface area contributed by atoms with E-state index >= 15 is 0 Å². The summed E-state index contributed by atoms with van der Waals surface area (Å²) in [5.41, 5.74) is 0.478. The lowest BCUT2D eigenvalue weighted by molar-refractivity contribution is 0.276. The normalized spacial score (nSPS) is 16.0. The molecule has 22 heavy (non-hydrogen) atoms. The predicted molar refractivity (Wildman–Crippen MR) is 91.7 cm³/mol. The van der Waals surface area contributed by atoms with Gasteiger partial charge < -0.3 is 10.2 Å². The topological polar surface area (TPSA) is 41.0 Å². The fourth-order valence-electron chi connectivity index (χ4n) is 2.51. The minimum Gasteiger partial charge on any atom is -0.358 e. The van der Waals surface area contributed by atoms with Crippen molar-refractivity contribution in [3.8, 4) is 10.6 Å². The van der Waals surface area contributed by atoms with Crippen LogP contribution in [0.15, 0.2) is 22.7 Å². The summed E-state index contributed by atoms with van der Waals surface area (Å²) in [6, 6.07) is 5.35. The average Bonchev–Trinajstić information content (AvgIpc) is 3.19. The van der Waals surface area contributed by atoms with Gasteiger partial charge in [0.2, 0.25) is 5.13 Å². The maximum Gasteiger partial charge on any atom is 0.206 e. The van der Waals surface area contributed by atoms with Crippen molar-refractivity contribution in [3.05, 3.63) is 28.5 Å². The molecule has 1 aliphatic carbocycles. The highest BCUT2D eigenvalue weighted by Crippen LogP contribution is 2.35. The zero-order valence-corrected chi connectivity index (χ0v) is 14.9. The molecule has 0 spiro atoms. The first-order valence-corrected chi connectivity index (χ1v) is 8.85. The van der Waals surface area contributed by atoms with Crippen molar-refractivity contribution in [2.45, 2.75) is 18.9 Å². The van der Waals surface area contributed by atoms with Gasteiger partial charge >= 0.3 is 0 Å². The Morgan fingerprint density at radius 2 is 2.18 bits per heavy atom. The van der Waals surface area contributed by atoms with Crippen molar-refractivity contribution in [1.29, 1.82) is 0 Å². The van der Waals surface area contributed by atoms with Gasteiger partial charge in [0.1, 0.15) is 5.82 Å². The summed E-state index contributed by atoms with van der Waals surface area (Å²) >= 11 is 4.74. The van der Waals surface area contributed by atoms with Gasteiger partial charge in [-0.15, -0.1) is 10.2 Å². The van der Waals surface area contributed by atoms with Crippen LogP contribution in [0.1, 0.15) is 12.8 Å². The van der Waals surface area contributed by atoms with Crippen LogP contribution in [0.25, 0.3) is 10.6 Å². The summed E-state index contributed by atoms with van der Waals surface area (Å²) in [4.78, 5) is 2.25. The number of aromatic nitrogens is 2. The Bertz CT molecular complexity index is 655. The first-order valence-electron chi connectivity index (χ1n) is 7.24. The van der Waals surface area contributed by atoms with E-state index in [9.17, 15) is 4.39 Å². The van der Waals surface area contributed by atoms with E-state index in [-0.39, 0.29) is 5.82 Å². The van der Waals surface area contributed by atoms with Crippen LogP contribution >= 0.6 is 27.3 Å².